The smallest absolute Gasteiger partial charge is 0.229 e. The molecule has 292 valence electrons. The molecule has 2 saturated carbocycles. The van der Waals surface area contributed by atoms with Gasteiger partial charge in [-0.05, 0) is 96.3 Å². The van der Waals surface area contributed by atoms with Crippen molar-refractivity contribution >= 4 is 11.6 Å². The van der Waals surface area contributed by atoms with E-state index in [0.717, 1.165) is 55.2 Å². The second-order valence-corrected chi connectivity index (χ2v) is 16.6. The summed E-state index contributed by atoms with van der Waals surface area (Å²) in [5, 5.41) is 70.5. The molecular weight excluding hydrogens is 704 g/mol. The summed E-state index contributed by atoms with van der Waals surface area (Å²) in [4.78, 5) is 28.3. The molecule has 2 aliphatic heterocycles. The molecule has 12 heteroatoms. The highest BCUT2D eigenvalue weighted by Gasteiger charge is 2.62. The molecule has 0 radical (unpaired) electrons. The summed E-state index contributed by atoms with van der Waals surface area (Å²) in [5.74, 6) is -3.01. The fourth-order valence-corrected chi connectivity index (χ4v) is 10.5. The molecule has 2 aromatic rings. The molecule has 9 N–H and O–H groups in total. The van der Waals surface area contributed by atoms with Crippen LogP contribution in [-0.2, 0) is 17.8 Å². The fraction of sp³-hybridized carbons (Fsp3) is 0.488. The van der Waals surface area contributed by atoms with E-state index < -0.39 is 65.6 Å². The van der Waals surface area contributed by atoms with Gasteiger partial charge in [-0.1, -0.05) is 61.4 Å². The number of hydrogen-bond donors (Lipinski definition) is 8. The lowest BCUT2D eigenvalue weighted by Gasteiger charge is -2.51. The molecule has 2 aromatic carbocycles. The molecule has 8 unspecified atom stereocenters. The van der Waals surface area contributed by atoms with Crippen molar-refractivity contribution < 1.29 is 49.7 Å². The summed E-state index contributed by atoms with van der Waals surface area (Å²) in [5.41, 5.74) is 6.58. The quantitative estimate of drug-likeness (QED) is 0.185. The van der Waals surface area contributed by atoms with Crippen molar-refractivity contribution in [2.45, 2.75) is 94.6 Å². The predicted molar refractivity (Wildman–Crippen MR) is 200 cm³/mol. The van der Waals surface area contributed by atoms with Gasteiger partial charge in [0.1, 0.15) is 35.4 Å². The van der Waals surface area contributed by atoms with Gasteiger partial charge in [-0.3, -0.25) is 9.59 Å². The zero-order chi connectivity index (χ0) is 38.7. The molecule has 2 heterocycles. The van der Waals surface area contributed by atoms with E-state index in [2.05, 4.69) is 5.32 Å². The number of Topliss-reactive ketones (excluding diaryl/α,β-unsaturated/α-hetero) is 2. The number of aliphatic hydroxyl groups excluding tert-OH is 5. The SMILES string of the molecule is NC1=CC(C2(CC3(O)C(O)C(CO)OC(Oc4cccc5c4C(=O)C4C(O)=CC(Cc6cccc(CO)c6)=CC4C5=O)C3O)CCC3(CCCC3)C2)=CCN1. The number of nitrogens with one attached hydrogen (secondary N) is 1. The van der Waals surface area contributed by atoms with Gasteiger partial charge in [-0.15, -0.1) is 0 Å². The molecule has 55 heavy (non-hydrogen) atoms. The zero-order valence-corrected chi connectivity index (χ0v) is 30.7. The minimum absolute atomic E-state index is 0.0644. The van der Waals surface area contributed by atoms with E-state index in [0.29, 0.717) is 30.8 Å². The summed E-state index contributed by atoms with van der Waals surface area (Å²) in [6.07, 6.45) is 7.58. The lowest BCUT2D eigenvalue weighted by Crippen LogP contribution is -2.69. The normalized spacial score (nSPS) is 33.9. The molecule has 6 aliphatic rings. The van der Waals surface area contributed by atoms with Gasteiger partial charge < -0.3 is 51.2 Å². The van der Waals surface area contributed by atoms with Crippen molar-refractivity contribution in [3.63, 3.8) is 0 Å². The van der Waals surface area contributed by atoms with Gasteiger partial charge in [-0.25, -0.2) is 0 Å². The first-order chi connectivity index (χ1) is 26.4. The molecule has 0 amide bonds. The number of dihydropyridines is 1. The van der Waals surface area contributed by atoms with E-state index >= 15 is 0 Å². The number of benzene rings is 2. The van der Waals surface area contributed by atoms with Gasteiger partial charge in [0.2, 0.25) is 6.29 Å². The maximum Gasteiger partial charge on any atom is 0.229 e. The lowest BCUT2D eigenvalue weighted by molar-refractivity contribution is -0.319. The Morgan fingerprint density at radius 1 is 0.945 bits per heavy atom. The van der Waals surface area contributed by atoms with Crippen LogP contribution in [0.4, 0.5) is 0 Å². The van der Waals surface area contributed by atoms with Crippen LogP contribution < -0.4 is 15.8 Å². The van der Waals surface area contributed by atoms with Crippen LogP contribution in [0.5, 0.6) is 5.75 Å². The van der Waals surface area contributed by atoms with Crippen molar-refractivity contribution in [1.29, 1.82) is 0 Å². The number of ketones is 2. The topological polar surface area (TPSA) is 212 Å². The van der Waals surface area contributed by atoms with E-state index in [1.165, 1.54) is 24.3 Å². The zero-order valence-electron chi connectivity index (χ0n) is 30.7. The van der Waals surface area contributed by atoms with Crippen LogP contribution in [0.1, 0.15) is 83.2 Å². The number of hydrogen-bond acceptors (Lipinski definition) is 12. The Morgan fingerprint density at radius 3 is 2.45 bits per heavy atom. The van der Waals surface area contributed by atoms with Crippen LogP contribution in [0.25, 0.3) is 0 Å². The number of ether oxygens (including phenoxy) is 2. The summed E-state index contributed by atoms with van der Waals surface area (Å²) in [7, 11) is 0. The monoisotopic (exact) mass is 754 g/mol. The molecule has 1 spiro atoms. The first kappa shape index (κ1) is 37.6. The standard InChI is InChI=1S/C43H50N2O10/c44-33-19-27(9-14-45-33)42(13-12-41(22-42)10-1-2-11-41)23-43(53)38(51)32(21-47)55-40(39(43)52)54-31-8-4-7-28-35(31)37(50)34-29(36(28)49)17-26(18-30(34)48)16-24-5-3-6-25(15-24)20-46/h3-9,15,17-19,29,32,34,38-40,45-48,51-53H,1-2,10-14,16,20-23,44H2. The minimum Gasteiger partial charge on any atom is -0.511 e. The Bertz CT molecular complexity index is 2000. The van der Waals surface area contributed by atoms with Gasteiger partial charge in [0, 0.05) is 12.1 Å². The van der Waals surface area contributed by atoms with E-state index in [1.54, 1.807) is 12.1 Å². The fourth-order valence-electron chi connectivity index (χ4n) is 10.5. The maximum atomic E-state index is 14.2. The van der Waals surface area contributed by atoms with Crippen molar-refractivity contribution in [3.8, 4) is 5.75 Å². The lowest BCUT2D eigenvalue weighted by atomic mass is 9.64. The molecule has 0 aromatic heterocycles. The van der Waals surface area contributed by atoms with E-state index in [1.807, 2.05) is 30.4 Å². The third-order valence-electron chi connectivity index (χ3n) is 13.2. The Labute approximate surface area is 319 Å². The van der Waals surface area contributed by atoms with Gasteiger partial charge in [0.05, 0.1) is 36.4 Å². The van der Waals surface area contributed by atoms with E-state index in [4.69, 9.17) is 15.2 Å². The average Bonchev–Trinajstić information content (AvgIpc) is 3.80. The van der Waals surface area contributed by atoms with Crippen LogP contribution in [-0.4, -0.2) is 85.6 Å². The number of aliphatic hydroxyl groups is 6. The van der Waals surface area contributed by atoms with Crippen LogP contribution >= 0.6 is 0 Å². The van der Waals surface area contributed by atoms with Crippen molar-refractivity contribution in [2.24, 2.45) is 28.4 Å². The predicted octanol–water partition coefficient (Wildman–Crippen LogP) is 3.41. The Balaban J connectivity index is 1.10. The van der Waals surface area contributed by atoms with Crippen LogP contribution in [0, 0.1) is 22.7 Å². The summed E-state index contributed by atoms with van der Waals surface area (Å²) in [6, 6.07) is 11.8. The molecule has 8 atom stereocenters. The molecule has 0 bridgehead atoms. The van der Waals surface area contributed by atoms with Crippen molar-refractivity contribution in [1.82, 2.24) is 5.32 Å². The second-order valence-electron chi connectivity index (χ2n) is 16.6. The van der Waals surface area contributed by atoms with Crippen LogP contribution in [0.15, 0.2) is 89.5 Å². The Hall–Kier alpha value is -4.30. The van der Waals surface area contributed by atoms with Gasteiger partial charge in [0.25, 0.3) is 0 Å². The summed E-state index contributed by atoms with van der Waals surface area (Å²) < 4.78 is 12.1. The van der Waals surface area contributed by atoms with Crippen LogP contribution in [0.2, 0.25) is 0 Å². The van der Waals surface area contributed by atoms with Gasteiger partial charge in [-0.2, -0.15) is 0 Å². The second kappa shape index (κ2) is 14.3. The first-order valence-corrected chi connectivity index (χ1v) is 19.3. The molecule has 1 saturated heterocycles. The molecule has 3 fully saturated rings. The van der Waals surface area contributed by atoms with Crippen molar-refractivity contribution in [2.75, 3.05) is 13.2 Å². The highest BCUT2D eigenvalue weighted by atomic mass is 16.7. The minimum atomic E-state index is -2.23. The maximum absolute atomic E-state index is 14.2. The summed E-state index contributed by atoms with van der Waals surface area (Å²) in [6.45, 7) is -0.322. The molecule has 4 aliphatic carbocycles. The van der Waals surface area contributed by atoms with E-state index in [9.17, 15) is 40.2 Å². The number of carbonyl (C=O) groups is 2. The number of rotatable bonds is 9. The van der Waals surface area contributed by atoms with Gasteiger partial charge >= 0.3 is 0 Å². The average molecular weight is 755 g/mol. The molecular formula is C43H50N2O10. The Kier molecular flexibility index (Phi) is 9.80. The number of fused-ring (bicyclic) bond motifs is 2. The van der Waals surface area contributed by atoms with Crippen molar-refractivity contribution in [3.05, 3.63) is 112 Å². The third kappa shape index (κ3) is 6.52. The molecule has 8 rings (SSSR count). The molecule has 12 nitrogen and oxygen atoms in total. The summed E-state index contributed by atoms with van der Waals surface area (Å²) >= 11 is 0. The van der Waals surface area contributed by atoms with Crippen LogP contribution in [0.3, 0.4) is 0 Å². The number of nitrogens with two attached hydrogens (primary N) is 1. The third-order valence-corrected chi connectivity index (χ3v) is 13.2. The Morgan fingerprint density at radius 2 is 1.71 bits per heavy atom. The number of carbonyl (C=O) groups excluding carboxylic acids is 2. The highest BCUT2D eigenvalue weighted by molar-refractivity contribution is 6.19. The largest absolute Gasteiger partial charge is 0.511 e. The first-order valence-electron chi connectivity index (χ1n) is 19.3. The number of allylic oxidation sites excluding steroid dienone is 6. The highest BCUT2D eigenvalue weighted by Crippen LogP contribution is 2.63. The van der Waals surface area contributed by atoms with E-state index in [-0.39, 0.29) is 41.1 Å². The van der Waals surface area contributed by atoms with Gasteiger partial charge in [0.15, 0.2) is 11.6 Å².